The number of hydrogen-bond donors (Lipinski definition) is 4. The van der Waals surface area contributed by atoms with Crippen molar-refractivity contribution in [2.75, 3.05) is 25.4 Å². The van der Waals surface area contributed by atoms with Gasteiger partial charge in [0, 0.05) is 29.0 Å². The van der Waals surface area contributed by atoms with Crippen LogP contribution in [0.4, 0.5) is 0 Å². The van der Waals surface area contributed by atoms with Gasteiger partial charge in [-0.1, -0.05) is 0 Å². The molecule has 0 bridgehead atoms. The highest BCUT2D eigenvalue weighted by molar-refractivity contribution is 9.10. The number of halogens is 1. The van der Waals surface area contributed by atoms with Gasteiger partial charge in [0.05, 0.1) is 6.61 Å². The third-order valence-corrected chi connectivity index (χ3v) is 2.68. The molecule has 7 nitrogen and oxygen atoms in total. The summed E-state index contributed by atoms with van der Waals surface area (Å²) in [6, 6.07) is 3.79. The lowest BCUT2D eigenvalue weighted by molar-refractivity contribution is 0.294. The Labute approximate surface area is 138 Å². The SMILES string of the molecule is O=S(=O)(O)O.SCCNCCCCOc1ccc(Br)cn1. The van der Waals surface area contributed by atoms with Crippen LogP contribution in [0.3, 0.4) is 0 Å². The van der Waals surface area contributed by atoms with Crippen LogP contribution in [0.1, 0.15) is 12.8 Å². The van der Waals surface area contributed by atoms with E-state index in [-0.39, 0.29) is 0 Å². The van der Waals surface area contributed by atoms with E-state index in [1.54, 1.807) is 6.20 Å². The predicted molar refractivity (Wildman–Crippen MR) is 87.6 cm³/mol. The highest BCUT2D eigenvalue weighted by Crippen LogP contribution is 2.12. The lowest BCUT2D eigenvalue weighted by Crippen LogP contribution is -2.18. The molecule has 0 aliphatic rings. The Morgan fingerprint density at radius 1 is 1.29 bits per heavy atom. The monoisotopic (exact) mass is 402 g/mol. The minimum Gasteiger partial charge on any atom is -0.478 e. The smallest absolute Gasteiger partial charge is 0.394 e. The number of nitrogens with zero attached hydrogens (tertiary/aromatic N) is 1. The van der Waals surface area contributed by atoms with Crippen molar-refractivity contribution in [3.8, 4) is 5.88 Å². The van der Waals surface area contributed by atoms with Gasteiger partial charge in [-0.25, -0.2) is 4.98 Å². The van der Waals surface area contributed by atoms with Crippen molar-refractivity contribution in [1.82, 2.24) is 10.3 Å². The molecule has 0 spiro atoms. The lowest BCUT2D eigenvalue weighted by atomic mass is 10.3. The van der Waals surface area contributed by atoms with Gasteiger partial charge in [0.1, 0.15) is 0 Å². The standard InChI is InChI=1S/C11H17BrN2OS.H2O4S/c12-10-3-4-11(14-9-10)15-7-2-1-5-13-6-8-16;1-5(2,3)4/h3-4,9,13,16H,1-2,5-8H2;(H2,1,2,3,4). The number of rotatable bonds is 8. The Morgan fingerprint density at radius 2 is 1.95 bits per heavy atom. The van der Waals surface area contributed by atoms with Gasteiger partial charge < -0.3 is 10.1 Å². The Morgan fingerprint density at radius 3 is 2.48 bits per heavy atom. The molecule has 0 saturated carbocycles. The minimum atomic E-state index is -4.67. The molecule has 1 heterocycles. The minimum absolute atomic E-state index is 0.687. The van der Waals surface area contributed by atoms with E-state index in [4.69, 9.17) is 22.3 Å². The summed E-state index contributed by atoms with van der Waals surface area (Å²) in [5.74, 6) is 1.57. The van der Waals surface area contributed by atoms with Crippen molar-refractivity contribution in [2.24, 2.45) is 0 Å². The van der Waals surface area contributed by atoms with E-state index in [1.165, 1.54) is 0 Å². The number of thiol groups is 1. The Kier molecular flexibility index (Phi) is 12.0. The van der Waals surface area contributed by atoms with Gasteiger partial charge in [-0.2, -0.15) is 21.0 Å². The fourth-order valence-corrected chi connectivity index (χ4v) is 1.57. The molecule has 0 aliphatic heterocycles. The Balaban J connectivity index is 0.000000690. The van der Waals surface area contributed by atoms with Gasteiger partial charge in [0.15, 0.2) is 0 Å². The number of unbranched alkanes of at least 4 members (excludes halogenated alkanes) is 1. The second kappa shape index (κ2) is 12.2. The molecular weight excluding hydrogens is 384 g/mol. The number of aromatic nitrogens is 1. The van der Waals surface area contributed by atoms with Crippen LogP contribution in [-0.4, -0.2) is 48.0 Å². The van der Waals surface area contributed by atoms with Crippen LogP contribution in [0.25, 0.3) is 0 Å². The van der Waals surface area contributed by atoms with Crippen molar-refractivity contribution < 1.29 is 22.3 Å². The van der Waals surface area contributed by atoms with E-state index in [2.05, 4.69) is 38.9 Å². The summed E-state index contributed by atoms with van der Waals surface area (Å²) in [6.07, 6.45) is 3.89. The highest BCUT2D eigenvalue weighted by atomic mass is 79.9. The summed E-state index contributed by atoms with van der Waals surface area (Å²) in [6.45, 7) is 2.72. The van der Waals surface area contributed by atoms with Crippen LogP contribution in [0.2, 0.25) is 0 Å². The van der Waals surface area contributed by atoms with Crippen LogP contribution in [0.15, 0.2) is 22.8 Å². The van der Waals surface area contributed by atoms with Crippen molar-refractivity contribution in [3.05, 3.63) is 22.8 Å². The van der Waals surface area contributed by atoms with E-state index in [0.717, 1.165) is 42.8 Å². The fraction of sp³-hybridized carbons (Fsp3) is 0.545. The zero-order chi connectivity index (χ0) is 16.1. The number of ether oxygens (including phenoxy) is 1. The van der Waals surface area contributed by atoms with E-state index in [9.17, 15) is 0 Å². The van der Waals surface area contributed by atoms with Crippen molar-refractivity contribution in [1.29, 1.82) is 0 Å². The predicted octanol–water partition coefficient (Wildman–Crippen LogP) is 1.87. The van der Waals surface area contributed by atoms with Gasteiger partial charge in [-0.05, 0) is 41.4 Å². The quantitative estimate of drug-likeness (QED) is 0.298. The first-order chi connectivity index (χ1) is 9.83. The second-order valence-electron chi connectivity index (χ2n) is 3.79. The molecule has 1 rings (SSSR count). The zero-order valence-electron chi connectivity index (χ0n) is 11.3. The molecule has 0 amide bonds. The number of pyridine rings is 1. The molecule has 0 atom stereocenters. The van der Waals surface area contributed by atoms with Crippen LogP contribution in [0.5, 0.6) is 5.88 Å². The zero-order valence-corrected chi connectivity index (χ0v) is 14.6. The Bertz CT molecular complexity index is 462. The molecule has 0 unspecified atom stereocenters. The third-order valence-electron chi connectivity index (χ3n) is 1.99. The average Bonchev–Trinajstić information content (AvgIpc) is 2.38. The molecule has 0 radical (unpaired) electrons. The van der Waals surface area contributed by atoms with Crippen molar-refractivity contribution in [2.45, 2.75) is 12.8 Å². The van der Waals surface area contributed by atoms with Crippen LogP contribution >= 0.6 is 28.6 Å². The first-order valence-corrected chi connectivity index (χ1v) is 8.91. The molecule has 0 fully saturated rings. The maximum absolute atomic E-state index is 8.74. The maximum Gasteiger partial charge on any atom is 0.394 e. The highest BCUT2D eigenvalue weighted by Gasteiger charge is 1.95. The van der Waals surface area contributed by atoms with Crippen molar-refractivity contribution >= 4 is 39.0 Å². The molecule has 21 heavy (non-hydrogen) atoms. The van der Waals surface area contributed by atoms with E-state index in [0.29, 0.717) is 5.88 Å². The van der Waals surface area contributed by atoms with Gasteiger partial charge >= 0.3 is 10.4 Å². The normalized spacial score (nSPS) is 10.7. The van der Waals surface area contributed by atoms with E-state index >= 15 is 0 Å². The molecule has 1 aromatic heterocycles. The molecule has 0 saturated heterocycles. The Hall–Kier alpha value is -0.390. The number of hydrogen-bond acceptors (Lipinski definition) is 6. The third kappa shape index (κ3) is 17.6. The molecule has 122 valence electrons. The van der Waals surface area contributed by atoms with E-state index < -0.39 is 10.4 Å². The summed E-state index contributed by atoms with van der Waals surface area (Å²) in [5.41, 5.74) is 0. The fourth-order valence-electron chi connectivity index (χ4n) is 1.18. The molecule has 0 aromatic carbocycles. The molecule has 10 heteroatoms. The lowest BCUT2D eigenvalue weighted by Gasteiger charge is -2.05. The van der Waals surface area contributed by atoms with Crippen molar-refractivity contribution in [3.63, 3.8) is 0 Å². The number of nitrogens with one attached hydrogen (secondary N) is 1. The van der Waals surface area contributed by atoms with E-state index in [1.807, 2.05) is 12.1 Å². The van der Waals surface area contributed by atoms with Crippen LogP contribution in [-0.2, 0) is 10.4 Å². The van der Waals surface area contributed by atoms with Crippen LogP contribution in [0, 0.1) is 0 Å². The molecular formula is C11H19BrN2O5S2. The summed E-state index contributed by atoms with van der Waals surface area (Å²) >= 11 is 7.45. The maximum atomic E-state index is 8.74. The second-order valence-corrected chi connectivity index (χ2v) is 6.05. The first kappa shape index (κ1) is 20.6. The summed E-state index contributed by atoms with van der Waals surface area (Å²) in [4.78, 5) is 4.13. The molecule has 3 N–H and O–H groups in total. The summed E-state index contributed by atoms with van der Waals surface area (Å²) < 4.78 is 38.0. The van der Waals surface area contributed by atoms with Gasteiger partial charge in [0.25, 0.3) is 0 Å². The summed E-state index contributed by atoms with van der Waals surface area (Å²) in [7, 11) is -4.67. The first-order valence-electron chi connectivity index (χ1n) is 6.08. The average molecular weight is 403 g/mol. The molecule has 1 aromatic rings. The van der Waals surface area contributed by atoms with Gasteiger partial charge in [0.2, 0.25) is 5.88 Å². The van der Waals surface area contributed by atoms with Gasteiger partial charge in [-0.15, -0.1) is 0 Å². The topological polar surface area (TPSA) is 109 Å². The molecule has 0 aliphatic carbocycles. The largest absolute Gasteiger partial charge is 0.478 e. The van der Waals surface area contributed by atoms with Gasteiger partial charge in [-0.3, -0.25) is 9.11 Å². The van der Waals surface area contributed by atoms with Crippen LogP contribution < -0.4 is 10.1 Å². The summed E-state index contributed by atoms with van der Waals surface area (Å²) in [5, 5.41) is 3.29.